The summed E-state index contributed by atoms with van der Waals surface area (Å²) in [5.41, 5.74) is 2.56. The van der Waals surface area contributed by atoms with E-state index in [0.717, 1.165) is 16.1 Å². The molecular weight excluding hydrogens is 400 g/mol. The van der Waals surface area contributed by atoms with Gasteiger partial charge < -0.3 is 10.1 Å². The number of rotatable bonds is 8. The Morgan fingerprint density at radius 1 is 1.10 bits per heavy atom. The molecule has 0 radical (unpaired) electrons. The zero-order valence-electron chi connectivity index (χ0n) is 18.6. The van der Waals surface area contributed by atoms with Crippen LogP contribution in [0.3, 0.4) is 0 Å². The molecule has 2 aromatic carbocycles. The summed E-state index contributed by atoms with van der Waals surface area (Å²) in [4.78, 5) is 12.7. The largest absolute Gasteiger partial charge is 0.492 e. The van der Waals surface area contributed by atoms with Crippen LogP contribution < -0.4 is 14.4 Å². The van der Waals surface area contributed by atoms with Gasteiger partial charge in [0.25, 0.3) is 0 Å². The molecule has 0 saturated heterocycles. The lowest BCUT2D eigenvalue weighted by molar-refractivity contribution is -0.120. The van der Waals surface area contributed by atoms with Gasteiger partial charge in [-0.25, -0.2) is 8.42 Å². The maximum absolute atomic E-state index is 12.7. The Morgan fingerprint density at radius 2 is 1.70 bits per heavy atom. The molecular formula is C23H32N2O4S. The van der Waals surface area contributed by atoms with Gasteiger partial charge in [0, 0.05) is 0 Å². The van der Waals surface area contributed by atoms with Gasteiger partial charge in [-0.3, -0.25) is 9.10 Å². The zero-order chi connectivity index (χ0) is 22.5. The number of ether oxygens (including phenoxy) is 1. The number of benzene rings is 2. The fourth-order valence-electron chi connectivity index (χ4n) is 3.09. The second-order valence-corrected chi connectivity index (χ2v) is 10.2. The summed E-state index contributed by atoms with van der Waals surface area (Å²) < 4.78 is 31.4. The van der Waals surface area contributed by atoms with Gasteiger partial charge in [-0.2, -0.15) is 0 Å². The number of sulfonamides is 1. The van der Waals surface area contributed by atoms with Gasteiger partial charge in [0.2, 0.25) is 15.9 Å². The van der Waals surface area contributed by atoms with Crippen LogP contribution in [0.5, 0.6) is 5.75 Å². The van der Waals surface area contributed by atoms with E-state index >= 15 is 0 Å². The number of anilines is 1. The van der Waals surface area contributed by atoms with Crippen molar-refractivity contribution in [2.45, 2.75) is 46.1 Å². The molecule has 0 aliphatic rings. The number of hydrogen-bond donors (Lipinski definition) is 1. The van der Waals surface area contributed by atoms with Crippen LogP contribution in [0, 0.1) is 0 Å². The molecule has 0 saturated carbocycles. The summed E-state index contributed by atoms with van der Waals surface area (Å²) in [5.74, 6) is 0.0307. The molecule has 2 aromatic rings. The molecule has 0 bridgehead atoms. The van der Waals surface area contributed by atoms with Gasteiger partial charge in [0.15, 0.2) is 0 Å². The number of nitrogens with zero attached hydrogens (tertiary/aromatic N) is 1. The molecule has 0 aromatic heterocycles. The highest BCUT2D eigenvalue weighted by molar-refractivity contribution is 7.92. The molecule has 6 nitrogen and oxygen atoms in total. The van der Waals surface area contributed by atoms with Gasteiger partial charge in [0.1, 0.15) is 12.3 Å². The first-order chi connectivity index (χ1) is 13.9. The minimum absolute atomic E-state index is 0.0505. The maximum atomic E-state index is 12.7. The molecule has 0 unspecified atom stereocenters. The zero-order valence-corrected chi connectivity index (χ0v) is 19.4. The van der Waals surface area contributed by atoms with Crippen molar-refractivity contribution in [3.05, 3.63) is 59.7 Å². The Hall–Kier alpha value is -2.54. The average molecular weight is 433 g/mol. The van der Waals surface area contributed by atoms with Crippen molar-refractivity contribution < 1.29 is 17.9 Å². The third-order valence-corrected chi connectivity index (χ3v) is 5.90. The molecule has 1 atom stereocenters. The van der Waals surface area contributed by atoms with Crippen LogP contribution >= 0.6 is 0 Å². The molecule has 30 heavy (non-hydrogen) atoms. The van der Waals surface area contributed by atoms with Gasteiger partial charge in [-0.15, -0.1) is 0 Å². The number of para-hydroxylation sites is 2. The second-order valence-electron chi connectivity index (χ2n) is 8.33. The highest BCUT2D eigenvalue weighted by Crippen LogP contribution is 2.30. The van der Waals surface area contributed by atoms with Gasteiger partial charge in [-0.05, 0) is 42.5 Å². The summed E-state index contributed by atoms with van der Waals surface area (Å²) in [6, 6.07) is 14.6. The lowest BCUT2D eigenvalue weighted by Crippen LogP contribution is -2.41. The normalized spacial score (nSPS) is 12.9. The van der Waals surface area contributed by atoms with Gasteiger partial charge in [0.05, 0.1) is 24.6 Å². The van der Waals surface area contributed by atoms with Crippen molar-refractivity contribution in [2.24, 2.45) is 0 Å². The van der Waals surface area contributed by atoms with Crippen molar-refractivity contribution >= 4 is 21.6 Å². The van der Waals surface area contributed by atoms with Crippen molar-refractivity contribution in [2.75, 3.05) is 23.7 Å². The first kappa shape index (κ1) is 23.7. The number of hydrogen-bond acceptors (Lipinski definition) is 4. The fraction of sp³-hybridized carbons (Fsp3) is 0.435. The number of carbonyl (C=O) groups excluding carboxylic acids is 1. The lowest BCUT2D eigenvalue weighted by atomic mass is 9.86. The second kappa shape index (κ2) is 9.51. The van der Waals surface area contributed by atoms with E-state index in [2.05, 4.69) is 38.2 Å². The molecule has 0 fully saturated rings. The first-order valence-electron chi connectivity index (χ1n) is 10.0. The van der Waals surface area contributed by atoms with Crippen molar-refractivity contribution in [1.82, 2.24) is 5.32 Å². The summed E-state index contributed by atoms with van der Waals surface area (Å²) in [7, 11) is -3.68. The van der Waals surface area contributed by atoms with Crippen LogP contribution in [-0.4, -0.2) is 33.7 Å². The molecule has 164 valence electrons. The highest BCUT2D eigenvalue weighted by Gasteiger charge is 2.24. The van der Waals surface area contributed by atoms with E-state index in [0.29, 0.717) is 18.0 Å². The Balaban J connectivity index is 2.17. The molecule has 0 aliphatic heterocycles. The van der Waals surface area contributed by atoms with E-state index in [1.54, 1.807) is 24.3 Å². The third kappa shape index (κ3) is 6.23. The first-order valence-corrected chi connectivity index (χ1v) is 11.9. The van der Waals surface area contributed by atoms with Crippen LogP contribution in [0.1, 0.15) is 51.8 Å². The minimum atomic E-state index is -3.68. The Labute approximate surface area is 180 Å². The number of nitrogens with one attached hydrogen (secondary N) is 1. The van der Waals surface area contributed by atoms with Crippen LogP contribution in [0.2, 0.25) is 0 Å². The summed E-state index contributed by atoms with van der Waals surface area (Å²) in [6.45, 7) is 10.2. The molecule has 0 heterocycles. The predicted molar refractivity (Wildman–Crippen MR) is 122 cm³/mol. The average Bonchev–Trinajstić information content (AvgIpc) is 2.65. The molecule has 0 spiro atoms. The van der Waals surface area contributed by atoms with E-state index in [1.807, 2.05) is 26.0 Å². The lowest BCUT2D eigenvalue weighted by Gasteiger charge is -2.25. The topological polar surface area (TPSA) is 75.7 Å². The van der Waals surface area contributed by atoms with Crippen LogP contribution in [0.25, 0.3) is 0 Å². The van der Waals surface area contributed by atoms with Crippen LogP contribution in [0.15, 0.2) is 48.5 Å². The number of carbonyl (C=O) groups is 1. The summed E-state index contributed by atoms with van der Waals surface area (Å²) >= 11 is 0. The van der Waals surface area contributed by atoms with E-state index < -0.39 is 10.0 Å². The molecule has 2 rings (SSSR count). The smallest absolute Gasteiger partial charge is 0.241 e. The van der Waals surface area contributed by atoms with E-state index in [9.17, 15) is 13.2 Å². The van der Waals surface area contributed by atoms with Gasteiger partial charge in [-0.1, -0.05) is 57.2 Å². The highest BCUT2D eigenvalue weighted by atomic mass is 32.2. The Morgan fingerprint density at radius 3 is 2.23 bits per heavy atom. The maximum Gasteiger partial charge on any atom is 0.241 e. The monoisotopic (exact) mass is 432 g/mol. The van der Waals surface area contributed by atoms with E-state index in [4.69, 9.17) is 4.74 Å². The van der Waals surface area contributed by atoms with Gasteiger partial charge >= 0.3 is 0 Å². The molecule has 1 N–H and O–H groups in total. The standard InChI is InChI=1S/C23H32N2O4S/c1-7-29-21-11-9-8-10-20(21)25(30(6,27)28)16-22(26)24-17(2)18-12-14-19(15-13-18)23(3,4)5/h8-15,17H,7,16H2,1-6H3,(H,24,26)/t17-/m0/s1. The van der Waals surface area contributed by atoms with Crippen LogP contribution in [0.4, 0.5) is 5.69 Å². The van der Waals surface area contributed by atoms with Crippen molar-refractivity contribution in [3.63, 3.8) is 0 Å². The number of amides is 1. The van der Waals surface area contributed by atoms with E-state index in [1.165, 1.54) is 5.56 Å². The van der Waals surface area contributed by atoms with E-state index in [-0.39, 0.29) is 23.9 Å². The van der Waals surface area contributed by atoms with Crippen molar-refractivity contribution in [3.8, 4) is 5.75 Å². The molecule has 1 amide bonds. The molecule has 0 aliphatic carbocycles. The fourth-order valence-corrected chi connectivity index (χ4v) is 3.95. The quantitative estimate of drug-likeness (QED) is 0.683. The SMILES string of the molecule is CCOc1ccccc1N(CC(=O)N[C@@H](C)c1ccc(C(C)(C)C)cc1)S(C)(=O)=O. The van der Waals surface area contributed by atoms with Crippen LogP contribution in [-0.2, 0) is 20.2 Å². The molecule has 7 heteroatoms. The summed E-state index contributed by atoms with van der Waals surface area (Å²) in [6.07, 6.45) is 1.08. The Kier molecular flexibility index (Phi) is 7.53. The summed E-state index contributed by atoms with van der Waals surface area (Å²) in [5, 5.41) is 2.89. The minimum Gasteiger partial charge on any atom is -0.492 e. The Bertz CT molecular complexity index is 963. The third-order valence-electron chi connectivity index (χ3n) is 4.78. The van der Waals surface area contributed by atoms with Crippen molar-refractivity contribution in [1.29, 1.82) is 0 Å². The predicted octanol–water partition coefficient (Wildman–Crippen LogP) is 4.03.